The molecule has 4 heterocycles. The van der Waals surface area contributed by atoms with Crippen LogP contribution in [-0.2, 0) is 5.41 Å². The van der Waals surface area contributed by atoms with E-state index >= 15 is 0 Å². The van der Waals surface area contributed by atoms with Crippen molar-refractivity contribution in [3.8, 4) is 6.07 Å². The van der Waals surface area contributed by atoms with Gasteiger partial charge in [0.1, 0.15) is 6.07 Å². The molecule has 10 unspecified atom stereocenters. The molecule has 65 heavy (non-hydrogen) atoms. The second kappa shape index (κ2) is 16.4. The monoisotopic (exact) mass is 879 g/mol. The molecular weight excluding hydrogens is 813 g/mol. The molecule has 0 bridgehead atoms. The molecule has 6 nitrogen and oxygen atoms in total. The van der Waals surface area contributed by atoms with Crippen LogP contribution in [0.5, 0.6) is 0 Å². The van der Waals surface area contributed by atoms with Gasteiger partial charge in [-0.15, -0.1) is 0 Å². The zero-order valence-corrected chi connectivity index (χ0v) is 39.6. The summed E-state index contributed by atoms with van der Waals surface area (Å²) in [7, 11) is 0. The van der Waals surface area contributed by atoms with Crippen LogP contribution < -0.4 is 20.9 Å². The molecule has 0 radical (unpaired) electrons. The molecular formula is C58H66N6S. The third kappa shape index (κ3) is 6.87. The summed E-state index contributed by atoms with van der Waals surface area (Å²) >= 11 is 1.99. The van der Waals surface area contributed by atoms with Crippen molar-refractivity contribution in [1.29, 1.82) is 5.26 Å². The lowest BCUT2D eigenvalue weighted by atomic mass is 9.56. The van der Waals surface area contributed by atoms with Crippen molar-refractivity contribution in [3.63, 3.8) is 0 Å². The van der Waals surface area contributed by atoms with E-state index in [0.717, 1.165) is 75.5 Å². The molecule has 334 valence electrons. The molecule has 3 fully saturated rings. The van der Waals surface area contributed by atoms with Crippen molar-refractivity contribution >= 4 is 17.4 Å². The van der Waals surface area contributed by atoms with Crippen LogP contribution in [0.25, 0.3) is 0 Å². The molecule has 7 heteroatoms. The number of para-hydroxylation sites is 1. The Balaban J connectivity index is 1.01. The molecule has 4 aliphatic heterocycles. The Hall–Kier alpha value is -4.42. The maximum absolute atomic E-state index is 11.5. The number of fused-ring (bicyclic) bond motifs is 6. The fourth-order valence-corrected chi connectivity index (χ4v) is 15.7. The zero-order chi connectivity index (χ0) is 44.0. The molecule has 10 atom stereocenters. The van der Waals surface area contributed by atoms with E-state index in [2.05, 4.69) is 175 Å². The highest BCUT2D eigenvalue weighted by Gasteiger charge is 2.56. The van der Waals surface area contributed by atoms with Gasteiger partial charge >= 0.3 is 0 Å². The van der Waals surface area contributed by atoms with Crippen LogP contribution in [0.4, 0.5) is 5.69 Å². The summed E-state index contributed by atoms with van der Waals surface area (Å²) < 4.78 is 0. The Bertz CT molecular complexity index is 2590. The van der Waals surface area contributed by atoms with Gasteiger partial charge in [-0.3, -0.25) is 20.9 Å². The van der Waals surface area contributed by atoms with Crippen LogP contribution in [0.2, 0.25) is 0 Å². The maximum atomic E-state index is 11.5. The molecule has 0 aromatic heterocycles. The SMILES string of the molecule is CC1(C)C2=C(C=CCC2)N(C2=C(C#N)C=C(C3NC(C4=CC=CCC4)NC(C4C=C5SC6=CC=CCC6C5=CC4)N3)C(N3C4C=CCCC4C(C)(C)C4C=CCCC43)C2)c2ccccc21. The molecule has 0 spiro atoms. The summed E-state index contributed by atoms with van der Waals surface area (Å²) in [5, 5.41) is 24.2. The maximum Gasteiger partial charge on any atom is 0.101 e. The second-order valence-corrected chi connectivity index (χ2v) is 22.7. The summed E-state index contributed by atoms with van der Waals surface area (Å²) in [6.07, 6.45) is 47.8. The average Bonchev–Trinajstić information content (AvgIpc) is 3.72. The van der Waals surface area contributed by atoms with E-state index in [4.69, 9.17) is 0 Å². The first-order chi connectivity index (χ1) is 31.7. The van der Waals surface area contributed by atoms with E-state index in [1.165, 1.54) is 55.5 Å². The van der Waals surface area contributed by atoms with Gasteiger partial charge in [-0.25, -0.2) is 0 Å². The topological polar surface area (TPSA) is 66.4 Å². The van der Waals surface area contributed by atoms with Crippen molar-refractivity contribution in [3.05, 3.63) is 170 Å². The Morgan fingerprint density at radius 2 is 1.68 bits per heavy atom. The second-order valence-electron chi connectivity index (χ2n) is 21.6. The Kier molecular flexibility index (Phi) is 10.6. The minimum atomic E-state index is -0.141. The predicted molar refractivity (Wildman–Crippen MR) is 268 cm³/mol. The fraction of sp³-hybridized carbons (Fsp3) is 0.466. The summed E-state index contributed by atoms with van der Waals surface area (Å²) in [6, 6.07) is 12.7. The lowest BCUT2D eigenvalue weighted by Gasteiger charge is -2.62. The molecule has 0 amide bonds. The van der Waals surface area contributed by atoms with Crippen molar-refractivity contribution in [2.24, 2.45) is 29.1 Å². The number of piperidine rings is 1. The quantitative estimate of drug-likeness (QED) is 0.255. The highest BCUT2D eigenvalue weighted by atomic mass is 32.2. The van der Waals surface area contributed by atoms with Crippen LogP contribution >= 0.6 is 11.8 Å². The number of nitrogens with one attached hydrogen (secondary N) is 3. The minimum absolute atomic E-state index is 0.00688. The van der Waals surface area contributed by atoms with Gasteiger partial charge in [0, 0.05) is 63.8 Å². The third-order valence-corrected chi connectivity index (χ3v) is 18.8. The molecule has 7 aliphatic carbocycles. The van der Waals surface area contributed by atoms with E-state index in [-0.39, 0.29) is 41.3 Å². The Labute approximate surface area is 392 Å². The number of hydrogen-bond donors (Lipinski definition) is 3. The highest BCUT2D eigenvalue weighted by Crippen LogP contribution is 2.57. The number of nitriles is 1. The first-order valence-electron chi connectivity index (χ1n) is 25.1. The average molecular weight is 879 g/mol. The molecule has 1 aromatic carbocycles. The summed E-state index contributed by atoms with van der Waals surface area (Å²) in [5.74, 6) is 1.81. The van der Waals surface area contributed by atoms with E-state index in [9.17, 15) is 5.26 Å². The number of likely N-dealkylation sites (tertiary alicyclic amines) is 1. The summed E-state index contributed by atoms with van der Waals surface area (Å²) in [6.45, 7) is 9.96. The normalized spacial score (nSPS) is 36.5. The number of rotatable bonds is 5. The number of hydrogen-bond acceptors (Lipinski definition) is 7. The van der Waals surface area contributed by atoms with Gasteiger partial charge in [-0.05, 0) is 132 Å². The molecule has 3 saturated heterocycles. The van der Waals surface area contributed by atoms with Gasteiger partial charge in [0.25, 0.3) is 0 Å². The molecule has 11 aliphatic rings. The van der Waals surface area contributed by atoms with Gasteiger partial charge in [0.05, 0.1) is 24.1 Å². The minimum Gasteiger partial charge on any atom is -0.313 e. The van der Waals surface area contributed by atoms with Gasteiger partial charge in [-0.2, -0.15) is 5.26 Å². The Morgan fingerprint density at radius 1 is 0.846 bits per heavy atom. The number of allylic oxidation sites excluding steroid dienone is 16. The lowest BCUT2D eigenvalue weighted by molar-refractivity contribution is -0.0828. The van der Waals surface area contributed by atoms with Crippen LogP contribution in [0.15, 0.2) is 164 Å². The predicted octanol–water partition coefficient (Wildman–Crippen LogP) is 12.0. The number of anilines is 1. The van der Waals surface area contributed by atoms with Crippen molar-refractivity contribution in [2.75, 3.05) is 4.90 Å². The molecule has 1 aromatic rings. The third-order valence-electron chi connectivity index (χ3n) is 17.6. The number of benzene rings is 1. The fourth-order valence-electron chi connectivity index (χ4n) is 14.3. The highest BCUT2D eigenvalue weighted by molar-refractivity contribution is 8.07. The zero-order valence-electron chi connectivity index (χ0n) is 38.8. The van der Waals surface area contributed by atoms with E-state index in [1.54, 1.807) is 0 Å². The van der Waals surface area contributed by atoms with E-state index < -0.39 is 0 Å². The molecule has 0 saturated carbocycles. The summed E-state index contributed by atoms with van der Waals surface area (Å²) in [5.41, 5.74) is 11.6. The van der Waals surface area contributed by atoms with E-state index in [0.29, 0.717) is 29.8 Å². The lowest BCUT2D eigenvalue weighted by Crippen LogP contribution is -2.72. The first kappa shape index (κ1) is 42.0. The van der Waals surface area contributed by atoms with Gasteiger partial charge in [0.2, 0.25) is 0 Å². The van der Waals surface area contributed by atoms with Crippen molar-refractivity contribution in [2.45, 2.75) is 140 Å². The van der Waals surface area contributed by atoms with Crippen molar-refractivity contribution < 1.29 is 0 Å². The van der Waals surface area contributed by atoms with Crippen LogP contribution in [-0.4, -0.2) is 41.5 Å². The van der Waals surface area contributed by atoms with Gasteiger partial charge in [0.15, 0.2) is 0 Å². The number of thioether (sulfide) groups is 1. The van der Waals surface area contributed by atoms with Crippen molar-refractivity contribution in [1.82, 2.24) is 20.9 Å². The van der Waals surface area contributed by atoms with E-state index in [1.807, 2.05) is 11.8 Å². The standard InChI is InChI=1S/C58H66N6S/c1-57(2)42-21-9-13-25-46(42)63(47-26-14-10-22-43(47)57)50-34-51(64-48-27-15-11-23-44(48)58(3,4)45-24-12-16-28-49(45)64)41(32-38(50)35-59)56-61-54(36-18-6-5-7-19-36)60-55(62-56)37-30-31-40-39-20-8-17-29-52(39)65-53(40)33-37/h5-6,8-9,11,13-14,16-18,21,23,25-26,28-29,31-33,37,39,44-45,48-49,51,54-56,60-62H,7,10,12,15,19-20,22,24,27,30,34H2,1-4H3. The van der Waals surface area contributed by atoms with Crippen LogP contribution in [0.1, 0.15) is 104 Å². The number of nitrogens with zero attached hydrogens (tertiary/aromatic N) is 3. The van der Waals surface area contributed by atoms with Gasteiger partial charge < -0.3 is 4.90 Å². The van der Waals surface area contributed by atoms with Crippen LogP contribution in [0, 0.1) is 40.4 Å². The molecule has 3 N–H and O–H groups in total. The van der Waals surface area contributed by atoms with Gasteiger partial charge in [-0.1, -0.05) is 137 Å². The Morgan fingerprint density at radius 3 is 2.55 bits per heavy atom. The van der Waals surface area contributed by atoms with Crippen LogP contribution in [0.3, 0.4) is 0 Å². The summed E-state index contributed by atoms with van der Waals surface area (Å²) in [4.78, 5) is 8.50. The smallest absolute Gasteiger partial charge is 0.101 e. The largest absolute Gasteiger partial charge is 0.313 e. The molecule has 12 rings (SSSR count). The first-order valence-corrected chi connectivity index (χ1v) is 25.9.